The molecule has 1 fully saturated rings. The zero-order chi connectivity index (χ0) is 18.4. The summed E-state index contributed by atoms with van der Waals surface area (Å²) in [6.07, 6.45) is 4.14. The maximum Gasteiger partial charge on any atom is 0.251 e. The second-order valence-corrected chi connectivity index (χ2v) is 6.59. The normalized spacial score (nSPS) is 19.8. The van der Waals surface area contributed by atoms with E-state index in [4.69, 9.17) is 9.47 Å². The van der Waals surface area contributed by atoms with E-state index >= 15 is 0 Å². The van der Waals surface area contributed by atoms with Crippen LogP contribution in [-0.2, 0) is 11.3 Å². The van der Waals surface area contributed by atoms with Crippen molar-refractivity contribution >= 4 is 5.91 Å². The summed E-state index contributed by atoms with van der Waals surface area (Å²) in [4.78, 5) is 12.4. The summed E-state index contributed by atoms with van der Waals surface area (Å²) in [7, 11) is 1.74. The largest absolute Gasteiger partial charge is 0.489 e. The molecule has 0 spiro atoms. The van der Waals surface area contributed by atoms with Gasteiger partial charge in [-0.05, 0) is 56.0 Å². The lowest BCUT2D eigenvalue weighted by Crippen LogP contribution is -2.38. The third kappa shape index (κ3) is 4.82. The highest BCUT2D eigenvalue weighted by Crippen LogP contribution is 2.21. The number of methoxy groups -OCH3 is 1. The fourth-order valence-electron chi connectivity index (χ4n) is 3.19. The molecule has 0 aliphatic heterocycles. The predicted octanol–water partition coefficient (Wildman–Crippen LogP) is 4.09. The minimum absolute atomic E-state index is 0.0773. The van der Waals surface area contributed by atoms with Gasteiger partial charge >= 0.3 is 0 Å². The van der Waals surface area contributed by atoms with Crippen LogP contribution < -0.4 is 10.1 Å². The minimum Gasteiger partial charge on any atom is -0.489 e. The molecule has 0 heterocycles. The van der Waals surface area contributed by atoms with Gasteiger partial charge in [0, 0.05) is 24.3 Å². The Bertz CT molecular complexity index is 724. The minimum atomic E-state index is -0.285. The van der Waals surface area contributed by atoms with Gasteiger partial charge in [0.25, 0.3) is 5.91 Å². The fourth-order valence-corrected chi connectivity index (χ4v) is 3.19. The number of nitrogens with one attached hydrogen (secondary N) is 1. The van der Waals surface area contributed by atoms with E-state index in [0.29, 0.717) is 23.0 Å². The molecular formula is C21H24FNO3. The van der Waals surface area contributed by atoms with Crippen LogP contribution in [0.3, 0.4) is 0 Å². The first-order chi connectivity index (χ1) is 12.7. The van der Waals surface area contributed by atoms with Crippen molar-refractivity contribution in [2.24, 2.45) is 0 Å². The summed E-state index contributed by atoms with van der Waals surface area (Å²) >= 11 is 0. The summed E-state index contributed by atoms with van der Waals surface area (Å²) in [5, 5.41) is 3.08. The van der Waals surface area contributed by atoms with Crippen molar-refractivity contribution in [3.63, 3.8) is 0 Å². The molecular weight excluding hydrogens is 333 g/mol. The van der Waals surface area contributed by atoms with Crippen molar-refractivity contribution in [3.8, 4) is 5.75 Å². The summed E-state index contributed by atoms with van der Waals surface area (Å²) in [6, 6.07) is 13.6. The highest BCUT2D eigenvalue weighted by Gasteiger charge is 2.22. The Kier molecular flexibility index (Phi) is 6.23. The molecule has 1 N–H and O–H groups in total. The average molecular weight is 357 g/mol. The third-order valence-electron chi connectivity index (χ3n) is 4.81. The molecule has 2 aromatic carbocycles. The Labute approximate surface area is 153 Å². The first-order valence-electron chi connectivity index (χ1n) is 8.95. The maximum absolute atomic E-state index is 13.6. The van der Waals surface area contributed by atoms with Gasteiger partial charge in [0.1, 0.15) is 18.2 Å². The molecule has 0 saturated heterocycles. The number of halogens is 1. The van der Waals surface area contributed by atoms with Crippen LogP contribution in [-0.4, -0.2) is 25.2 Å². The van der Waals surface area contributed by atoms with Crippen molar-refractivity contribution in [2.45, 2.75) is 44.4 Å². The van der Waals surface area contributed by atoms with Gasteiger partial charge in [0.2, 0.25) is 0 Å². The highest BCUT2D eigenvalue weighted by atomic mass is 19.1. The third-order valence-corrected chi connectivity index (χ3v) is 4.81. The average Bonchev–Trinajstić information content (AvgIpc) is 2.68. The van der Waals surface area contributed by atoms with Crippen molar-refractivity contribution in [2.75, 3.05) is 7.11 Å². The van der Waals surface area contributed by atoms with E-state index in [1.165, 1.54) is 6.07 Å². The van der Waals surface area contributed by atoms with E-state index in [-0.39, 0.29) is 24.4 Å². The number of carbonyl (C=O) groups excluding carboxylic acids is 1. The highest BCUT2D eigenvalue weighted by molar-refractivity contribution is 5.94. The number of hydrogen-bond donors (Lipinski definition) is 1. The SMILES string of the molecule is COC1CCC(NC(=O)c2ccc(OCc3ccccc3F)cc2)CC1. The van der Waals surface area contributed by atoms with Crippen LogP contribution in [0, 0.1) is 5.82 Å². The number of carbonyl (C=O) groups is 1. The molecule has 0 aromatic heterocycles. The summed E-state index contributed by atoms with van der Waals surface area (Å²) < 4.78 is 24.5. The molecule has 0 radical (unpaired) electrons. The molecule has 0 atom stereocenters. The van der Waals surface area contributed by atoms with Gasteiger partial charge in [-0.25, -0.2) is 4.39 Å². The topological polar surface area (TPSA) is 47.6 Å². The lowest BCUT2D eigenvalue weighted by molar-refractivity contribution is 0.0599. The van der Waals surface area contributed by atoms with Gasteiger partial charge in [-0.15, -0.1) is 0 Å². The summed E-state index contributed by atoms with van der Waals surface area (Å²) in [5.74, 6) is 0.239. The zero-order valence-corrected chi connectivity index (χ0v) is 14.9. The van der Waals surface area contributed by atoms with Gasteiger partial charge in [0.15, 0.2) is 0 Å². The molecule has 0 unspecified atom stereocenters. The lowest BCUT2D eigenvalue weighted by Gasteiger charge is -2.28. The number of ether oxygens (including phenoxy) is 2. The van der Waals surface area contributed by atoms with Crippen molar-refractivity contribution in [1.29, 1.82) is 0 Å². The standard InChI is InChI=1S/C21H24FNO3/c1-25-18-12-8-17(9-13-18)23-21(24)15-6-10-19(11-7-15)26-14-16-4-2-3-5-20(16)22/h2-7,10-11,17-18H,8-9,12-14H2,1H3,(H,23,24). The molecule has 0 bridgehead atoms. The first kappa shape index (κ1) is 18.4. The second kappa shape index (κ2) is 8.81. The van der Waals surface area contributed by atoms with E-state index in [1.807, 2.05) is 0 Å². The molecule has 1 saturated carbocycles. The lowest BCUT2D eigenvalue weighted by atomic mass is 9.93. The molecule has 1 aliphatic rings. The molecule has 26 heavy (non-hydrogen) atoms. The Balaban J connectivity index is 1.51. The Morgan fingerprint density at radius 1 is 1.08 bits per heavy atom. The summed E-state index contributed by atoms with van der Waals surface area (Å²) in [5.41, 5.74) is 1.10. The van der Waals surface area contributed by atoms with Crippen molar-refractivity contribution in [3.05, 3.63) is 65.5 Å². The first-order valence-corrected chi connectivity index (χ1v) is 8.95. The Hall–Kier alpha value is -2.40. The van der Waals surface area contributed by atoms with Gasteiger partial charge in [-0.3, -0.25) is 4.79 Å². The molecule has 138 valence electrons. The van der Waals surface area contributed by atoms with Gasteiger partial charge < -0.3 is 14.8 Å². The zero-order valence-electron chi connectivity index (χ0n) is 14.9. The van der Waals surface area contributed by atoms with Gasteiger partial charge in [-0.2, -0.15) is 0 Å². The van der Waals surface area contributed by atoms with Crippen LogP contribution in [0.2, 0.25) is 0 Å². The van der Waals surface area contributed by atoms with E-state index in [9.17, 15) is 9.18 Å². The summed E-state index contributed by atoms with van der Waals surface area (Å²) in [6.45, 7) is 0.154. The van der Waals surface area contributed by atoms with E-state index < -0.39 is 0 Å². The van der Waals surface area contributed by atoms with Crippen LogP contribution in [0.25, 0.3) is 0 Å². The van der Waals surface area contributed by atoms with Gasteiger partial charge in [0.05, 0.1) is 6.10 Å². The van der Waals surface area contributed by atoms with E-state index in [1.54, 1.807) is 49.6 Å². The molecule has 4 nitrogen and oxygen atoms in total. The fraction of sp³-hybridized carbons (Fsp3) is 0.381. The molecule has 1 amide bonds. The second-order valence-electron chi connectivity index (χ2n) is 6.59. The van der Waals surface area contributed by atoms with Crippen LogP contribution in [0.1, 0.15) is 41.6 Å². The van der Waals surface area contributed by atoms with Crippen LogP contribution in [0.15, 0.2) is 48.5 Å². The number of rotatable bonds is 6. The quantitative estimate of drug-likeness (QED) is 0.847. The number of benzene rings is 2. The maximum atomic E-state index is 13.6. The van der Waals surface area contributed by atoms with Crippen LogP contribution in [0.4, 0.5) is 4.39 Å². The molecule has 3 rings (SSSR count). The van der Waals surface area contributed by atoms with E-state index in [0.717, 1.165) is 25.7 Å². The van der Waals surface area contributed by atoms with Crippen molar-refractivity contribution < 1.29 is 18.7 Å². The van der Waals surface area contributed by atoms with Crippen molar-refractivity contribution in [1.82, 2.24) is 5.32 Å². The molecule has 2 aromatic rings. The van der Waals surface area contributed by atoms with Gasteiger partial charge in [-0.1, -0.05) is 18.2 Å². The monoisotopic (exact) mass is 357 g/mol. The smallest absolute Gasteiger partial charge is 0.251 e. The predicted molar refractivity (Wildman–Crippen MR) is 97.7 cm³/mol. The van der Waals surface area contributed by atoms with E-state index in [2.05, 4.69) is 5.32 Å². The molecule has 1 aliphatic carbocycles. The van der Waals surface area contributed by atoms with Crippen LogP contribution >= 0.6 is 0 Å². The Morgan fingerprint density at radius 3 is 2.42 bits per heavy atom. The molecule has 5 heteroatoms. The number of amides is 1. The number of hydrogen-bond acceptors (Lipinski definition) is 3. The van der Waals surface area contributed by atoms with Crippen LogP contribution in [0.5, 0.6) is 5.75 Å². The Morgan fingerprint density at radius 2 is 1.77 bits per heavy atom.